The van der Waals surface area contributed by atoms with E-state index in [2.05, 4.69) is 74.9 Å². The molecule has 6 nitrogen and oxygen atoms in total. The Balaban J connectivity index is 1.32. The summed E-state index contributed by atoms with van der Waals surface area (Å²) in [6.07, 6.45) is 6.10. The van der Waals surface area contributed by atoms with Gasteiger partial charge in [-0.25, -0.2) is 4.98 Å². The first-order chi connectivity index (χ1) is 16.2. The summed E-state index contributed by atoms with van der Waals surface area (Å²) in [6.45, 7) is 2.30. The maximum Gasteiger partial charge on any atom is 0.181 e. The van der Waals surface area contributed by atoms with E-state index in [-0.39, 0.29) is 0 Å². The molecule has 2 aromatic heterocycles. The van der Waals surface area contributed by atoms with Crippen molar-refractivity contribution in [1.29, 1.82) is 0 Å². The lowest BCUT2D eigenvalue weighted by Crippen LogP contribution is -2.36. The average Bonchev–Trinajstić information content (AvgIpc) is 3.27. The summed E-state index contributed by atoms with van der Waals surface area (Å²) < 4.78 is 5.26. The summed E-state index contributed by atoms with van der Waals surface area (Å²) in [7, 11) is 3.89. The number of fused-ring (bicyclic) bond motifs is 1. The van der Waals surface area contributed by atoms with Gasteiger partial charge in [-0.05, 0) is 87.3 Å². The molecule has 0 radical (unpaired) electrons. The van der Waals surface area contributed by atoms with Crippen molar-refractivity contribution in [2.24, 2.45) is 0 Å². The third kappa shape index (κ3) is 5.01. The molecule has 0 aliphatic carbocycles. The van der Waals surface area contributed by atoms with Crippen LogP contribution in [0.1, 0.15) is 24.1 Å². The Kier molecular flexibility index (Phi) is 6.26. The van der Waals surface area contributed by atoms with Crippen molar-refractivity contribution in [3.05, 3.63) is 72.1 Å². The van der Waals surface area contributed by atoms with E-state index < -0.39 is 0 Å². The fourth-order valence-electron chi connectivity index (χ4n) is 4.54. The SMILES string of the molecule is COc1ccc(CCc2[nH]nc3ncc(-c4cccc(NC5CCN(C)CC5)c4)cc23)cc1. The van der Waals surface area contributed by atoms with Gasteiger partial charge in [-0.15, -0.1) is 0 Å². The lowest BCUT2D eigenvalue weighted by atomic mass is 10.0. The van der Waals surface area contributed by atoms with Crippen LogP contribution in [0.3, 0.4) is 0 Å². The van der Waals surface area contributed by atoms with Crippen molar-refractivity contribution in [1.82, 2.24) is 20.1 Å². The van der Waals surface area contributed by atoms with Crippen molar-refractivity contribution >= 4 is 16.7 Å². The van der Waals surface area contributed by atoms with Crippen LogP contribution in [0.4, 0.5) is 5.69 Å². The zero-order valence-corrected chi connectivity index (χ0v) is 19.3. The maximum atomic E-state index is 5.26. The van der Waals surface area contributed by atoms with Crippen LogP contribution >= 0.6 is 0 Å². The van der Waals surface area contributed by atoms with Gasteiger partial charge in [-0.2, -0.15) is 5.10 Å². The minimum atomic E-state index is 0.537. The summed E-state index contributed by atoms with van der Waals surface area (Å²) in [6, 6.07) is 19.7. The van der Waals surface area contributed by atoms with E-state index in [1.165, 1.54) is 29.7 Å². The summed E-state index contributed by atoms with van der Waals surface area (Å²) >= 11 is 0. The lowest BCUT2D eigenvalue weighted by Gasteiger charge is -2.30. The Hall–Kier alpha value is -3.38. The molecule has 1 aliphatic rings. The van der Waals surface area contributed by atoms with Crippen LogP contribution in [-0.4, -0.2) is 53.4 Å². The third-order valence-corrected chi connectivity index (χ3v) is 6.60. The normalized spacial score (nSPS) is 15.1. The highest BCUT2D eigenvalue weighted by molar-refractivity contribution is 5.83. The molecule has 0 amide bonds. The number of aromatic nitrogens is 3. The van der Waals surface area contributed by atoms with E-state index in [1.807, 2.05) is 18.3 Å². The van der Waals surface area contributed by atoms with Gasteiger partial charge in [-0.3, -0.25) is 5.10 Å². The summed E-state index contributed by atoms with van der Waals surface area (Å²) in [5, 5.41) is 12.4. The first-order valence-electron chi connectivity index (χ1n) is 11.7. The molecule has 33 heavy (non-hydrogen) atoms. The largest absolute Gasteiger partial charge is 0.497 e. The van der Waals surface area contributed by atoms with Crippen LogP contribution in [0, 0.1) is 0 Å². The summed E-state index contributed by atoms with van der Waals surface area (Å²) in [4.78, 5) is 7.02. The first kappa shape index (κ1) is 21.5. The molecule has 0 atom stereocenters. The number of methoxy groups -OCH3 is 1. The predicted molar refractivity (Wildman–Crippen MR) is 134 cm³/mol. The number of pyridine rings is 1. The quantitative estimate of drug-likeness (QED) is 0.426. The Bertz CT molecular complexity index is 1210. The second-order valence-electron chi connectivity index (χ2n) is 8.95. The van der Waals surface area contributed by atoms with Gasteiger partial charge in [0.2, 0.25) is 0 Å². The number of likely N-dealkylation sites (tertiary alicyclic amines) is 1. The smallest absolute Gasteiger partial charge is 0.181 e. The molecule has 1 fully saturated rings. The predicted octanol–water partition coefficient (Wildman–Crippen LogP) is 4.92. The molecule has 0 saturated carbocycles. The molecule has 170 valence electrons. The molecular weight excluding hydrogens is 410 g/mol. The monoisotopic (exact) mass is 441 g/mol. The van der Waals surface area contributed by atoms with Gasteiger partial charge < -0.3 is 15.0 Å². The molecular formula is C27H31N5O. The number of ether oxygens (including phenoxy) is 1. The van der Waals surface area contributed by atoms with E-state index in [4.69, 9.17) is 4.74 Å². The van der Waals surface area contributed by atoms with Crippen molar-refractivity contribution in [2.45, 2.75) is 31.7 Å². The number of hydrogen-bond donors (Lipinski definition) is 2. The number of aryl methyl sites for hydroxylation is 2. The molecule has 2 N–H and O–H groups in total. The number of benzene rings is 2. The number of nitrogens with zero attached hydrogens (tertiary/aromatic N) is 3. The van der Waals surface area contributed by atoms with Crippen LogP contribution in [0.5, 0.6) is 5.75 Å². The van der Waals surface area contributed by atoms with Crippen LogP contribution in [0.25, 0.3) is 22.2 Å². The Morgan fingerprint density at radius 2 is 1.85 bits per heavy atom. The number of hydrogen-bond acceptors (Lipinski definition) is 5. The summed E-state index contributed by atoms with van der Waals surface area (Å²) in [5.74, 6) is 0.882. The lowest BCUT2D eigenvalue weighted by molar-refractivity contribution is 0.264. The number of nitrogens with one attached hydrogen (secondary N) is 2. The average molecular weight is 442 g/mol. The highest BCUT2D eigenvalue weighted by Gasteiger charge is 2.16. The molecule has 3 heterocycles. The molecule has 4 aromatic rings. The van der Waals surface area contributed by atoms with Crippen molar-refractivity contribution in [2.75, 3.05) is 32.6 Å². The third-order valence-electron chi connectivity index (χ3n) is 6.60. The van der Waals surface area contributed by atoms with E-state index >= 15 is 0 Å². The van der Waals surface area contributed by atoms with Gasteiger partial charge in [0.05, 0.1) is 7.11 Å². The fourth-order valence-corrected chi connectivity index (χ4v) is 4.54. The number of rotatable bonds is 7. The fraction of sp³-hybridized carbons (Fsp3) is 0.333. The molecule has 1 saturated heterocycles. The maximum absolute atomic E-state index is 5.26. The highest BCUT2D eigenvalue weighted by Crippen LogP contribution is 2.27. The Labute approximate surface area is 195 Å². The number of anilines is 1. The van der Waals surface area contributed by atoms with Crippen molar-refractivity contribution in [3.8, 4) is 16.9 Å². The number of H-pyrrole nitrogens is 1. The van der Waals surface area contributed by atoms with Gasteiger partial charge in [-0.1, -0.05) is 24.3 Å². The zero-order valence-electron chi connectivity index (χ0n) is 19.3. The minimum Gasteiger partial charge on any atom is -0.497 e. The topological polar surface area (TPSA) is 66.1 Å². The van der Waals surface area contributed by atoms with E-state index in [0.717, 1.165) is 54.0 Å². The molecule has 6 heteroatoms. The zero-order chi connectivity index (χ0) is 22.6. The summed E-state index contributed by atoms with van der Waals surface area (Å²) in [5.41, 5.74) is 6.62. The van der Waals surface area contributed by atoms with Gasteiger partial charge in [0.25, 0.3) is 0 Å². The van der Waals surface area contributed by atoms with Crippen LogP contribution in [0.15, 0.2) is 60.8 Å². The van der Waals surface area contributed by atoms with E-state index in [0.29, 0.717) is 6.04 Å². The Morgan fingerprint density at radius 1 is 1.03 bits per heavy atom. The standard InChI is InChI=1S/C27H31N5O/c1-32-14-12-22(13-15-32)29-23-5-3-4-20(16-23)21-17-25-26(30-31-27(25)28-18-21)11-8-19-6-9-24(33-2)10-7-19/h3-7,9-10,16-18,22,29H,8,11-15H2,1-2H3,(H,28,30,31). The molecule has 0 unspecified atom stereocenters. The number of piperidine rings is 1. The second-order valence-corrected chi connectivity index (χ2v) is 8.95. The highest BCUT2D eigenvalue weighted by atomic mass is 16.5. The van der Waals surface area contributed by atoms with E-state index in [1.54, 1.807) is 7.11 Å². The minimum absolute atomic E-state index is 0.537. The molecule has 2 aromatic carbocycles. The van der Waals surface area contributed by atoms with Crippen LogP contribution in [-0.2, 0) is 12.8 Å². The molecule has 0 bridgehead atoms. The van der Waals surface area contributed by atoms with Crippen LogP contribution in [0.2, 0.25) is 0 Å². The van der Waals surface area contributed by atoms with Crippen molar-refractivity contribution < 1.29 is 4.74 Å². The molecule has 1 aliphatic heterocycles. The molecule has 5 rings (SSSR count). The van der Waals surface area contributed by atoms with Gasteiger partial charge >= 0.3 is 0 Å². The van der Waals surface area contributed by atoms with E-state index in [9.17, 15) is 0 Å². The number of aromatic amines is 1. The second kappa shape index (κ2) is 9.63. The first-order valence-corrected chi connectivity index (χ1v) is 11.7. The van der Waals surface area contributed by atoms with Gasteiger partial charge in [0.1, 0.15) is 5.75 Å². The van der Waals surface area contributed by atoms with Gasteiger partial charge in [0.15, 0.2) is 5.65 Å². The van der Waals surface area contributed by atoms with Crippen molar-refractivity contribution in [3.63, 3.8) is 0 Å². The molecule has 0 spiro atoms. The van der Waals surface area contributed by atoms with Crippen LogP contribution < -0.4 is 10.1 Å². The van der Waals surface area contributed by atoms with Gasteiger partial charge in [0, 0.05) is 34.6 Å². The Morgan fingerprint density at radius 3 is 2.64 bits per heavy atom.